The molecule has 17 heavy (non-hydrogen) atoms. The maximum absolute atomic E-state index is 8.77. The molecule has 4 heteroatoms. The number of benzene rings is 1. The van der Waals surface area contributed by atoms with Gasteiger partial charge < -0.3 is 5.32 Å². The van der Waals surface area contributed by atoms with Gasteiger partial charge in [-0.3, -0.25) is 5.10 Å². The molecule has 0 amide bonds. The summed E-state index contributed by atoms with van der Waals surface area (Å²) in [7, 11) is 0. The topological polar surface area (TPSA) is 64.5 Å². The molecule has 2 heterocycles. The van der Waals surface area contributed by atoms with Crippen molar-refractivity contribution in [3.63, 3.8) is 0 Å². The van der Waals surface area contributed by atoms with E-state index in [1.165, 1.54) is 11.3 Å². The van der Waals surface area contributed by atoms with E-state index >= 15 is 0 Å². The lowest BCUT2D eigenvalue weighted by atomic mass is 10.0. The summed E-state index contributed by atoms with van der Waals surface area (Å²) in [5, 5.41) is 19.6. The van der Waals surface area contributed by atoms with Gasteiger partial charge in [-0.2, -0.15) is 10.4 Å². The van der Waals surface area contributed by atoms with Crippen LogP contribution >= 0.6 is 0 Å². The Labute approximate surface area is 99.3 Å². The number of nitrogens with one attached hydrogen (secondary N) is 2. The number of aromatic amines is 1. The Hall–Kier alpha value is -2.12. The third-order valence-electron chi connectivity index (χ3n) is 3.09. The predicted molar refractivity (Wildman–Crippen MR) is 64.1 cm³/mol. The molecule has 1 aromatic heterocycles. The van der Waals surface area contributed by atoms with E-state index < -0.39 is 0 Å². The van der Waals surface area contributed by atoms with E-state index in [4.69, 9.17) is 5.26 Å². The molecule has 0 radical (unpaired) electrons. The highest BCUT2D eigenvalue weighted by atomic mass is 15.1. The molecule has 0 spiro atoms. The zero-order valence-electron chi connectivity index (χ0n) is 9.33. The van der Waals surface area contributed by atoms with Crippen molar-refractivity contribution in [3.05, 3.63) is 41.1 Å². The fraction of sp³-hybridized carbons (Fsp3) is 0.231. The molecule has 1 aliphatic heterocycles. The van der Waals surface area contributed by atoms with Crippen LogP contribution in [0.2, 0.25) is 0 Å². The molecule has 84 valence electrons. The molecule has 1 aromatic carbocycles. The summed E-state index contributed by atoms with van der Waals surface area (Å²) in [6.45, 7) is 1.86. The van der Waals surface area contributed by atoms with Gasteiger partial charge >= 0.3 is 0 Å². The first-order valence-corrected chi connectivity index (χ1v) is 5.66. The molecule has 3 rings (SSSR count). The first kappa shape index (κ1) is 10.1. The van der Waals surface area contributed by atoms with Crippen molar-refractivity contribution >= 4 is 0 Å². The smallest absolute Gasteiger partial charge is 0.0991 e. The van der Waals surface area contributed by atoms with Crippen molar-refractivity contribution in [2.45, 2.75) is 13.0 Å². The molecule has 0 atom stereocenters. The maximum atomic E-state index is 8.77. The third kappa shape index (κ3) is 1.71. The molecule has 0 aliphatic carbocycles. The Morgan fingerprint density at radius 1 is 1.24 bits per heavy atom. The van der Waals surface area contributed by atoms with Gasteiger partial charge in [0.05, 0.1) is 17.3 Å². The summed E-state index contributed by atoms with van der Waals surface area (Å²) in [6, 6.07) is 9.67. The third-order valence-corrected chi connectivity index (χ3v) is 3.09. The number of rotatable bonds is 1. The van der Waals surface area contributed by atoms with Crippen molar-refractivity contribution in [1.82, 2.24) is 15.5 Å². The van der Waals surface area contributed by atoms with Gasteiger partial charge in [-0.25, -0.2) is 0 Å². The van der Waals surface area contributed by atoms with Crippen LogP contribution in [0.15, 0.2) is 24.3 Å². The highest BCUT2D eigenvalue weighted by molar-refractivity contribution is 5.65. The summed E-state index contributed by atoms with van der Waals surface area (Å²) in [5.41, 5.74) is 5.21. The van der Waals surface area contributed by atoms with Gasteiger partial charge in [0.15, 0.2) is 0 Å². The van der Waals surface area contributed by atoms with Crippen molar-refractivity contribution in [3.8, 4) is 17.3 Å². The first-order chi connectivity index (χ1) is 8.38. The van der Waals surface area contributed by atoms with E-state index in [0.717, 1.165) is 30.8 Å². The lowest BCUT2D eigenvalue weighted by molar-refractivity contribution is 0.637. The van der Waals surface area contributed by atoms with Crippen LogP contribution in [-0.4, -0.2) is 16.7 Å². The molecule has 0 bridgehead atoms. The quantitative estimate of drug-likeness (QED) is 0.773. The molecular formula is C13H12N4. The van der Waals surface area contributed by atoms with Crippen LogP contribution in [0.1, 0.15) is 16.8 Å². The molecule has 1 aliphatic rings. The Kier molecular flexibility index (Phi) is 2.39. The summed E-state index contributed by atoms with van der Waals surface area (Å²) in [6.07, 6.45) is 0.999. The molecule has 0 saturated carbocycles. The summed E-state index contributed by atoms with van der Waals surface area (Å²) in [5.74, 6) is 0. The van der Waals surface area contributed by atoms with E-state index in [2.05, 4.69) is 21.6 Å². The second-order valence-electron chi connectivity index (χ2n) is 4.15. The van der Waals surface area contributed by atoms with E-state index in [1.54, 1.807) is 0 Å². The van der Waals surface area contributed by atoms with E-state index in [-0.39, 0.29) is 0 Å². The number of fused-ring (bicyclic) bond motifs is 1. The monoisotopic (exact) mass is 224 g/mol. The second-order valence-corrected chi connectivity index (χ2v) is 4.15. The number of nitriles is 1. The fourth-order valence-corrected chi connectivity index (χ4v) is 2.17. The van der Waals surface area contributed by atoms with E-state index in [1.807, 2.05) is 24.3 Å². The van der Waals surface area contributed by atoms with Gasteiger partial charge in [0.25, 0.3) is 0 Å². The molecular weight excluding hydrogens is 212 g/mol. The SMILES string of the molecule is N#Cc1ccc(-c2n[nH]c3c2CNCC3)cc1. The highest BCUT2D eigenvalue weighted by Crippen LogP contribution is 2.25. The lowest BCUT2D eigenvalue weighted by Gasteiger charge is -2.12. The minimum Gasteiger partial charge on any atom is -0.312 e. The molecule has 2 aromatic rings. The van der Waals surface area contributed by atoms with Crippen LogP contribution < -0.4 is 5.32 Å². The normalized spacial score (nSPS) is 14.1. The molecule has 2 N–H and O–H groups in total. The number of hydrogen-bond donors (Lipinski definition) is 2. The van der Waals surface area contributed by atoms with Gasteiger partial charge in [0.2, 0.25) is 0 Å². The second kappa shape index (κ2) is 4.04. The first-order valence-electron chi connectivity index (χ1n) is 5.66. The minimum absolute atomic E-state index is 0.677. The molecule has 0 fully saturated rings. The zero-order chi connectivity index (χ0) is 11.7. The highest BCUT2D eigenvalue weighted by Gasteiger charge is 2.17. The van der Waals surface area contributed by atoms with Crippen LogP contribution in [0.25, 0.3) is 11.3 Å². The van der Waals surface area contributed by atoms with Gasteiger partial charge in [0, 0.05) is 36.3 Å². The van der Waals surface area contributed by atoms with Crippen molar-refractivity contribution < 1.29 is 0 Å². The Bertz CT molecular complexity index is 574. The lowest BCUT2D eigenvalue weighted by Crippen LogP contribution is -2.23. The van der Waals surface area contributed by atoms with Crippen LogP contribution in [0.3, 0.4) is 0 Å². The Morgan fingerprint density at radius 3 is 2.82 bits per heavy atom. The Balaban J connectivity index is 2.03. The summed E-state index contributed by atoms with van der Waals surface area (Å²) < 4.78 is 0. The van der Waals surface area contributed by atoms with Gasteiger partial charge in [-0.05, 0) is 12.1 Å². The number of aromatic nitrogens is 2. The largest absolute Gasteiger partial charge is 0.312 e. The summed E-state index contributed by atoms with van der Waals surface area (Å²) >= 11 is 0. The molecule has 4 nitrogen and oxygen atoms in total. The van der Waals surface area contributed by atoms with Crippen LogP contribution in [0.4, 0.5) is 0 Å². The fourth-order valence-electron chi connectivity index (χ4n) is 2.17. The van der Waals surface area contributed by atoms with Crippen molar-refractivity contribution in [1.29, 1.82) is 5.26 Å². The maximum Gasteiger partial charge on any atom is 0.0991 e. The Morgan fingerprint density at radius 2 is 2.06 bits per heavy atom. The van der Waals surface area contributed by atoms with E-state index in [0.29, 0.717) is 5.56 Å². The van der Waals surface area contributed by atoms with Crippen LogP contribution in [-0.2, 0) is 13.0 Å². The average Bonchev–Trinajstić information content (AvgIpc) is 2.83. The number of hydrogen-bond acceptors (Lipinski definition) is 3. The van der Waals surface area contributed by atoms with Gasteiger partial charge in [-0.15, -0.1) is 0 Å². The van der Waals surface area contributed by atoms with Crippen molar-refractivity contribution in [2.24, 2.45) is 0 Å². The number of H-pyrrole nitrogens is 1. The van der Waals surface area contributed by atoms with Crippen LogP contribution in [0, 0.1) is 11.3 Å². The average molecular weight is 224 g/mol. The predicted octanol–water partition coefficient (Wildman–Crippen LogP) is 1.59. The van der Waals surface area contributed by atoms with Crippen LogP contribution in [0.5, 0.6) is 0 Å². The number of nitrogens with zero attached hydrogens (tertiary/aromatic N) is 2. The molecule has 0 saturated heterocycles. The van der Waals surface area contributed by atoms with Gasteiger partial charge in [-0.1, -0.05) is 12.1 Å². The summed E-state index contributed by atoms with van der Waals surface area (Å²) in [4.78, 5) is 0. The molecule has 0 unspecified atom stereocenters. The zero-order valence-corrected chi connectivity index (χ0v) is 9.33. The van der Waals surface area contributed by atoms with Crippen molar-refractivity contribution in [2.75, 3.05) is 6.54 Å². The van der Waals surface area contributed by atoms with Gasteiger partial charge in [0.1, 0.15) is 0 Å². The van der Waals surface area contributed by atoms with E-state index in [9.17, 15) is 0 Å². The minimum atomic E-state index is 0.677. The standard InChI is InChI=1S/C13H12N4/c14-7-9-1-3-10(4-2-9)13-11-8-15-6-5-12(11)16-17-13/h1-4,15H,5-6,8H2,(H,16,17).